The number of para-hydroxylation sites is 1. The van der Waals surface area contributed by atoms with Gasteiger partial charge in [0.1, 0.15) is 0 Å². The van der Waals surface area contributed by atoms with Gasteiger partial charge in [0, 0.05) is 42.7 Å². The zero-order chi connectivity index (χ0) is 14.4. The average Bonchev–Trinajstić information content (AvgIpc) is 2.76. The number of Topliss-reactive ketones (excluding diaryl/α,β-unsaturated/α-hetero) is 1. The van der Waals surface area contributed by atoms with Gasteiger partial charge in [-0.15, -0.1) is 0 Å². The van der Waals surface area contributed by atoms with E-state index in [1.807, 2.05) is 66.0 Å². The van der Waals surface area contributed by atoms with E-state index in [4.69, 9.17) is 0 Å². The fourth-order valence-corrected chi connectivity index (χ4v) is 2.02. The van der Waals surface area contributed by atoms with E-state index in [0.717, 1.165) is 23.0 Å². The molecule has 0 bridgehead atoms. The molecule has 1 aromatic heterocycles. The molecule has 104 valence electrons. The van der Waals surface area contributed by atoms with Crippen LogP contribution in [0.15, 0.2) is 30.5 Å². The molecule has 0 radical (unpaired) electrons. The number of benzene rings is 1. The minimum Gasteiger partial charge on any atom is -0.350 e. The Morgan fingerprint density at radius 2 is 1.89 bits per heavy atom. The van der Waals surface area contributed by atoms with Crippen molar-refractivity contribution >= 4 is 39.3 Å². The van der Waals surface area contributed by atoms with Crippen LogP contribution in [0.3, 0.4) is 0 Å². The maximum atomic E-state index is 12.1. The summed E-state index contributed by atoms with van der Waals surface area (Å²) in [5.74, 6) is 0.218. The van der Waals surface area contributed by atoms with Crippen molar-refractivity contribution < 1.29 is 4.79 Å². The van der Waals surface area contributed by atoms with Crippen molar-refractivity contribution in [2.45, 2.75) is 6.42 Å². The van der Waals surface area contributed by atoms with Gasteiger partial charge in [0.15, 0.2) is 5.78 Å². The van der Waals surface area contributed by atoms with Crippen molar-refractivity contribution in [1.29, 1.82) is 0 Å². The van der Waals surface area contributed by atoms with Crippen LogP contribution in [-0.4, -0.2) is 40.8 Å². The number of nitrogens with zero attached hydrogens (tertiary/aromatic N) is 2. The Bertz CT molecular complexity index is 546. The van der Waals surface area contributed by atoms with Gasteiger partial charge in [-0.2, -0.15) is 0 Å². The van der Waals surface area contributed by atoms with Crippen LogP contribution in [0.5, 0.6) is 0 Å². The normalized spacial score (nSPS) is 10.4. The molecular formula is C15H21IN2O. The number of hydrogen-bond acceptors (Lipinski definition) is 2. The van der Waals surface area contributed by atoms with Crippen LogP contribution in [0, 0.1) is 0 Å². The molecule has 0 fully saturated rings. The fraction of sp³-hybridized carbons (Fsp3) is 0.400. The van der Waals surface area contributed by atoms with Gasteiger partial charge in [-0.25, -0.2) is 0 Å². The van der Waals surface area contributed by atoms with E-state index in [1.54, 1.807) is 0 Å². The van der Waals surface area contributed by atoms with Gasteiger partial charge in [0.05, 0.1) is 0 Å². The van der Waals surface area contributed by atoms with Crippen molar-refractivity contribution in [1.82, 2.24) is 9.47 Å². The van der Waals surface area contributed by atoms with Crippen LogP contribution in [0.25, 0.3) is 10.9 Å². The summed E-state index contributed by atoms with van der Waals surface area (Å²) in [7, 11) is 5.94. The maximum absolute atomic E-state index is 12.1. The summed E-state index contributed by atoms with van der Waals surface area (Å²) in [6.07, 6.45) is 2.50. The highest BCUT2D eigenvalue weighted by atomic mass is 127. The average molecular weight is 372 g/mol. The second kappa shape index (κ2) is 7.65. The van der Waals surface area contributed by atoms with Crippen LogP contribution < -0.4 is 0 Å². The van der Waals surface area contributed by atoms with E-state index in [-0.39, 0.29) is 5.78 Å². The first kappa shape index (κ1) is 16.2. The molecular weight excluding hydrogens is 351 g/mol. The lowest BCUT2D eigenvalue weighted by Gasteiger charge is -2.07. The molecule has 4 heteroatoms. The number of carbonyl (C=O) groups is 1. The molecule has 0 amide bonds. The number of rotatable bonds is 4. The molecule has 2 rings (SSSR count). The van der Waals surface area contributed by atoms with E-state index >= 15 is 0 Å². The van der Waals surface area contributed by atoms with Crippen LogP contribution in [-0.2, 0) is 7.05 Å². The Morgan fingerprint density at radius 1 is 1.26 bits per heavy atom. The quantitative estimate of drug-likeness (QED) is 0.467. The first-order chi connectivity index (χ1) is 9.09. The third-order valence-corrected chi connectivity index (χ3v) is 2.98. The summed E-state index contributed by atoms with van der Waals surface area (Å²) < 4.78 is 2.01. The first-order valence-electron chi connectivity index (χ1n) is 6.19. The van der Waals surface area contributed by atoms with Gasteiger partial charge in [-0.1, -0.05) is 40.8 Å². The zero-order valence-corrected chi connectivity index (χ0v) is 14.1. The topological polar surface area (TPSA) is 25.2 Å². The molecule has 0 aliphatic heterocycles. The van der Waals surface area contributed by atoms with Gasteiger partial charge < -0.3 is 9.47 Å². The molecule has 1 aromatic carbocycles. The Morgan fingerprint density at radius 3 is 2.53 bits per heavy atom. The lowest BCUT2D eigenvalue weighted by Crippen LogP contribution is -2.16. The van der Waals surface area contributed by atoms with Gasteiger partial charge in [0.2, 0.25) is 0 Å². The summed E-state index contributed by atoms with van der Waals surface area (Å²) in [6.45, 7) is 0.794. The second-order valence-corrected chi connectivity index (χ2v) is 4.65. The lowest BCUT2D eigenvalue weighted by atomic mass is 10.1. The van der Waals surface area contributed by atoms with Crippen molar-refractivity contribution in [3.05, 3.63) is 36.0 Å². The van der Waals surface area contributed by atoms with Gasteiger partial charge >= 0.3 is 0 Å². The minimum atomic E-state index is 0.218. The highest BCUT2D eigenvalue weighted by molar-refractivity contribution is 14.1. The van der Waals surface area contributed by atoms with Crippen molar-refractivity contribution in [2.75, 3.05) is 25.6 Å². The molecule has 0 unspecified atom stereocenters. The van der Waals surface area contributed by atoms with E-state index < -0.39 is 0 Å². The number of halogens is 1. The zero-order valence-electron chi connectivity index (χ0n) is 12.0. The first-order valence-corrected chi connectivity index (χ1v) is 8.35. The number of aromatic nitrogens is 1. The molecule has 2 aromatic rings. The standard InChI is InChI=1S/C14H18N2O.CH3I/c1-15(2)9-8-14(17)12-10-16(3)13-7-5-4-6-11(12)13;1-2/h4-7,10H,8-9H2,1-3H3;1H3. The van der Waals surface area contributed by atoms with Crippen LogP contribution in [0.1, 0.15) is 16.8 Å². The summed E-state index contributed by atoms with van der Waals surface area (Å²) in [4.78, 5) is 16.1. The molecule has 0 atom stereocenters. The van der Waals surface area contributed by atoms with Crippen LogP contribution >= 0.6 is 22.6 Å². The SMILES string of the molecule is CI.CN(C)CCC(=O)c1cn(C)c2ccccc12. The number of fused-ring (bicyclic) bond motifs is 1. The second-order valence-electron chi connectivity index (χ2n) is 4.65. The van der Waals surface area contributed by atoms with E-state index in [2.05, 4.69) is 22.6 Å². The third-order valence-electron chi connectivity index (χ3n) is 2.98. The number of hydrogen-bond donors (Lipinski definition) is 0. The summed E-state index contributed by atoms with van der Waals surface area (Å²) in [6, 6.07) is 8.03. The summed E-state index contributed by atoms with van der Waals surface area (Å²) in [5, 5.41) is 1.05. The Labute approximate surface area is 128 Å². The Balaban J connectivity index is 0.000000861. The molecule has 0 aliphatic rings. The third kappa shape index (κ3) is 4.04. The Kier molecular flexibility index (Phi) is 6.51. The molecule has 0 N–H and O–H groups in total. The molecule has 1 heterocycles. The number of ketones is 1. The number of carbonyl (C=O) groups excluding carboxylic acids is 1. The monoisotopic (exact) mass is 372 g/mol. The van der Waals surface area contributed by atoms with E-state index in [1.165, 1.54) is 0 Å². The smallest absolute Gasteiger partial charge is 0.166 e. The fourth-order valence-electron chi connectivity index (χ4n) is 2.02. The molecule has 0 saturated carbocycles. The van der Waals surface area contributed by atoms with Gasteiger partial charge in [0.25, 0.3) is 0 Å². The van der Waals surface area contributed by atoms with Crippen molar-refractivity contribution in [3.8, 4) is 0 Å². The van der Waals surface area contributed by atoms with E-state index in [9.17, 15) is 4.79 Å². The van der Waals surface area contributed by atoms with Crippen molar-refractivity contribution in [2.24, 2.45) is 7.05 Å². The highest BCUT2D eigenvalue weighted by Crippen LogP contribution is 2.21. The lowest BCUT2D eigenvalue weighted by molar-refractivity contribution is 0.0974. The molecule has 3 nitrogen and oxygen atoms in total. The van der Waals surface area contributed by atoms with Gasteiger partial charge in [-0.3, -0.25) is 4.79 Å². The predicted molar refractivity (Wildman–Crippen MR) is 90.4 cm³/mol. The van der Waals surface area contributed by atoms with Crippen LogP contribution in [0.2, 0.25) is 0 Å². The molecule has 0 aliphatic carbocycles. The molecule has 19 heavy (non-hydrogen) atoms. The molecule has 0 saturated heterocycles. The van der Waals surface area contributed by atoms with E-state index in [0.29, 0.717) is 6.42 Å². The highest BCUT2D eigenvalue weighted by Gasteiger charge is 2.13. The predicted octanol–water partition coefficient (Wildman–Crippen LogP) is 3.36. The Hall–Kier alpha value is -0.880. The summed E-state index contributed by atoms with van der Waals surface area (Å²) >= 11 is 2.15. The number of aryl methyl sites for hydroxylation is 1. The molecule has 0 spiro atoms. The van der Waals surface area contributed by atoms with Crippen LogP contribution in [0.4, 0.5) is 0 Å². The maximum Gasteiger partial charge on any atom is 0.166 e. The van der Waals surface area contributed by atoms with Crippen molar-refractivity contribution in [3.63, 3.8) is 0 Å². The summed E-state index contributed by atoms with van der Waals surface area (Å²) in [5.41, 5.74) is 1.95. The number of alkyl halides is 1. The minimum absolute atomic E-state index is 0.218. The largest absolute Gasteiger partial charge is 0.350 e. The van der Waals surface area contributed by atoms with Gasteiger partial charge in [-0.05, 0) is 25.1 Å².